The summed E-state index contributed by atoms with van der Waals surface area (Å²) in [5.41, 5.74) is 0.696. The number of carbonyl (C=O) groups is 4. The second-order valence-corrected chi connectivity index (χ2v) is 12.3. The molecule has 0 aliphatic heterocycles. The molecule has 0 heterocycles. The van der Waals surface area contributed by atoms with Crippen molar-refractivity contribution < 1.29 is 23.9 Å². The number of nitrogens with one attached hydrogen (secondary N) is 1. The third-order valence-corrected chi connectivity index (χ3v) is 7.11. The maximum absolute atomic E-state index is 13.1. The van der Waals surface area contributed by atoms with E-state index in [0.717, 1.165) is 11.5 Å². The summed E-state index contributed by atoms with van der Waals surface area (Å²) >= 11 is 0. The zero-order valence-corrected chi connectivity index (χ0v) is 27.6. The first-order valence-corrected chi connectivity index (χ1v) is 14.6. The van der Waals surface area contributed by atoms with Crippen LogP contribution in [0.25, 0.3) is 0 Å². The molecule has 1 aromatic rings. The molecule has 0 radical (unpaired) electrons. The summed E-state index contributed by atoms with van der Waals surface area (Å²) in [5, 5.41) is 2.86. The summed E-state index contributed by atoms with van der Waals surface area (Å²) in [6, 6.07) is 9.76. The molecule has 0 aromatic heterocycles. The summed E-state index contributed by atoms with van der Waals surface area (Å²) < 4.78 is 4.61. The fraction of sp³-hybridized carbons (Fsp3) is 0.688. The summed E-state index contributed by atoms with van der Waals surface area (Å²) in [4.78, 5) is 54.9. The molecule has 0 saturated carbocycles. The number of benzene rings is 1. The van der Waals surface area contributed by atoms with Gasteiger partial charge in [-0.1, -0.05) is 85.7 Å². The van der Waals surface area contributed by atoms with Crippen LogP contribution in [-0.2, 0) is 29.3 Å². The maximum atomic E-state index is 13.1. The number of carbonyl (C=O) groups excluding carboxylic acids is 4. The molecular formula is C32H56N4O5. The number of esters is 1. The van der Waals surface area contributed by atoms with E-state index in [0.29, 0.717) is 13.0 Å². The lowest BCUT2D eigenvalue weighted by molar-refractivity contribution is -0.146. The van der Waals surface area contributed by atoms with Gasteiger partial charge in [-0.15, -0.1) is 0 Å². The van der Waals surface area contributed by atoms with E-state index in [2.05, 4.69) is 44.7 Å². The first kappa shape index (κ1) is 38.1. The van der Waals surface area contributed by atoms with Crippen LogP contribution in [0.2, 0.25) is 0 Å². The number of hydrogen-bond acceptors (Lipinski definition) is 6. The fourth-order valence-electron chi connectivity index (χ4n) is 4.55. The molecule has 0 aliphatic carbocycles. The molecule has 3 amide bonds. The number of methoxy groups -OCH3 is 1. The van der Waals surface area contributed by atoms with Crippen molar-refractivity contribution in [1.82, 2.24) is 20.0 Å². The van der Waals surface area contributed by atoms with Crippen LogP contribution >= 0.6 is 0 Å². The number of rotatable bonds is 14. The predicted octanol–water partition coefficient (Wildman–Crippen LogP) is 3.82. The van der Waals surface area contributed by atoms with E-state index < -0.39 is 5.97 Å². The van der Waals surface area contributed by atoms with Crippen LogP contribution in [-0.4, -0.2) is 98.9 Å². The van der Waals surface area contributed by atoms with E-state index in [1.165, 1.54) is 12.0 Å². The predicted molar refractivity (Wildman–Crippen MR) is 165 cm³/mol. The minimum absolute atomic E-state index is 0.0928. The van der Waals surface area contributed by atoms with Crippen molar-refractivity contribution in [3.05, 3.63) is 35.9 Å². The fourth-order valence-corrected chi connectivity index (χ4v) is 4.55. The highest BCUT2D eigenvalue weighted by atomic mass is 16.5. The molecule has 9 heteroatoms. The van der Waals surface area contributed by atoms with E-state index in [-0.39, 0.29) is 60.6 Å². The molecular weight excluding hydrogens is 520 g/mol. The Balaban J connectivity index is 0.00000373. The number of amides is 3. The van der Waals surface area contributed by atoms with Gasteiger partial charge in [0.25, 0.3) is 0 Å². The Morgan fingerprint density at radius 3 is 1.90 bits per heavy atom. The molecule has 0 saturated heterocycles. The SMILES string of the molecule is CC(C)C.CC[C@H](C(=O)NCC(=O)N(C)[C@H](CN(C)CC(=O)N(C)CC(=O)OC)C(C)C)C(C)(C)c1ccccc1. The van der Waals surface area contributed by atoms with Crippen molar-refractivity contribution >= 4 is 23.7 Å². The van der Waals surface area contributed by atoms with Gasteiger partial charge >= 0.3 is 5.97 Å². The summed E-state index contributed by atoms with van der Waals surface area (Å²) in [6.45, 7) is 17.0. The topological polar surface area (TPSA) is 99.3 Å². The molecule has 0 aliphatic rings. The highest BCUT2D eigenvalue weighted by Gasteiger charge is 2.35. The summed E-state index contributed by atoms with van der Waals surface area (Å²) in [7, 11) is 6.36. The van der Waals surface area contributed by atoms with Crippen molar-refractivity contribution in [1.29, 1.82) is 0 Å². The van der Waals surface area contributed by atoms with Crippen molar-refractivity contribution in [3.63, 3.8) is 0 Å². The summed E-state index contributed by atoms with van der Waals surface area (Å²) in [6.07, 6.45) is 0.648. The van der Waals surface area contributed by atoms with E-state index in [1.807, 2.05) is 56.0 Å². The highest BCUT2D eigenvalue weighted by Crippen LogP contribution is 2.33. The van der Waals surface area contributed by atoms with Gasteiger partial charge in [-0.3, -0.25) is 24.1 Å². The Hall–Kier alpha value is -2.94. The van der Waals surface area contributed by atoms with Crippen LogP contribution in [0, 0.1) is 17.8 Å². The van der Waals surface area contributed by atoms with Gasteiger partial charge in [0.2, 0.25) is 17.7 Å². The normalized spacial score (nSPS) is 12.8. The Kier molecular flexibility index (Phi) is 17.2. The number of ether oxygens (including phenoxy) is 1. The smallest absolute Gasteiger partial charge is 0.325 e. The van der Waals surface area contributed by atoms with Gasteiger partial charge in [0, 0.05) is 38.0 Å². The average molecular weight is 577 g/mol. The van der Waals surface area contributed by atoms with E-state index in [4.69, 9.17) is 0 Å². The second-order valence-electron chi connectivity index (χ2n) is 12.3. The van der Waals surface area contributed by atoms with Crippen LogP contribution in [0.3, 0.4) is 0 Å². The van der Waals surface area contributed by atoms with Gasteiger partial charge in [0.05, 0.1) is 20.2 Å². The average Bonchev–Trinajstić information content (AvgIpc) is 2.89. The van der Waals surface area contributed by atoms with Crippen LogP contribution in [0.5, 0.6) is 0 Å². The Bertz CT molecular complexity index is 946. The third-order valence-electron chi connectivity index (χ3n) is 7.11. The van der Waals surface area contributed by atoms with Gasteiger partial charge < -0.3 is 19.9 Å². The molecule has 234 valence electrons. The monoisotopic (exact) mass is 576 g/mol. The zero-order chi connectivity index (χ0) is 31.9. The molecule has 0 unspecified atom stereocenters. The molecule has 1 aromatic carbocycles. The molecule has 0 spiro atoms. The molecule has 41 heavy (non-hydrogen) atoms. The van der Waals surface area contributed by atoms with Gasteiger partial charge in [-0.05, 0) is 30.9 Å². The standard InChI is InChI=1S/C28H46N4O5.C4H10/c1-10-22(28(4,5)21-14-12-11-13-15-21)27(36)29-16-24(33)32(8)23(20(2)3)17-30(6)18-25(34)31(7)19-26(35)37-9;1-4(2)3/h11-15,20,22-23H,10,16-19H2,1-9H3,(H,29,36);4H,1-3H3/t22-,23-;/m1./s1. The first-order valence-electron chi connectivity index (χ1n) is 14.6. The first-order chi connectivity index (χ1) is 19.0. The van der Waals surface area contributed by atoms with Crippen molar-refractivity contribution in [2.75, 3.05) is 54.4 Å². The zero-order valence-electron chi connectivity index (χ0n) is 27.6. The van der Waals surface area contributed by atoms with E-state index >= 15 is 0 Å². The Morgan fingerprint density at radius 2 is 1.44 bits per heavy atom. The Labute approximate surface area is 249 Å². The largest absolute Gasteiger partial charge is 0.468 e. The Morgan fingerprint density at radius 1 is 0.902 bits per heavy atom. The lowest BCUT2D eigenvalue weighted by Gasteiger charge is -2.35. The maximum Gasteiger partial charge on any atom is 0.325 e. The highest BCUT2D eigenvalue weighted by molar-refractivity contribution is 5.87. The van der Waals surface area contributed by atoms with Gasteiger partial charge in [-0.2, -0.15) is 0 Å². The van der Waals surface area contributed by atoms with Crippen LogP contribution < -0.4 is 5.32 Å². The molecule has 0 bridgehead atoms. The van der Waals surface area contributed by atoms with Crippen LogP contribution in [0.1, 0.15) is 67.4 Å². The van der Waals surface area contributed by atoms with E-state index in [9.17, 15) is 19.2 Å². The minimum Gasteiger partial charge on any atom is -0.468 e. The number of likely N-dealkylation sites (N-methyl/N-ethyl adjacent to an activating group) is 3. The third kappa shape index (κ3) is 13.5. The van der Waals surface area contributed by atoms with Gasteiger partial charge in [-0.25, -0.2) is 0 Å². The second kappa shape index (κ2) is 18.5. The molecule has 1 rings (SSSR count). The lowest BCUT2D eigenvalue weighted by Crippen LogP contribution is -2.52. The van der Waals surface area contributed by atoms with E-state index in [1.54, 1.807) is 26.0 Å². The van der Waals surface area contributed by atoms with Gasteiger partial charge in [0.1, 0.15) is 6.54 Å². The summed E-state index contributed by atoms with van der Waals surface area (Å²) in [5.74, 6) is -0.368. The van der Waals surface area contributed by atoms with Gasteiger partial charge in [0.15, 0.2) is 0 Å². The molecule has 2 atom stereocenters. The molecule has 0 fully saturated rings. The molecule has 9 nitrogen and oxygen atoms in total. The van der Waals surface area contributed by atoms with Crippen molar-refractivity contribution in [2.24, 2.45) is 17.8 Å². The number of hydrogen-bond donors (Lipinski definition) is 1. The molecule has 1 N–H and O–H groups in total. The number of nitrogens with zero attached hydrogens (tertiary/aromatic N) is 3. The minimum atomic E-state index is -0.483. The van der Waals surface area contributed by atoms with Crippen LogP contribution in [0.15, 0.2) is 30.3 Å². The quantitative estimate of drug-likeness (QED) is 0.338. The lowest BCUT2D eigenvalue weighted by atomic mass is 9.71. The van der Waals surface area contributed by atoms with Crippen LogP contribution in [0.4, 0.5) is 0 Å². The van der Waals surface area contributed by atoms with Crippen molar-refractivity contribution in [3.8, 4) is 0 Å². The van der Waals surface area contributed by atoms with Crippen molar-refractivity contribution in [2.45, 2.75) is 73.3 Å².